The van der Waals surface area contributed by atoms with E-state index in [1.54, 1.807) is 47.1 Å². The van der Waals surface area contributed by atoms with Crippen LogP contribution in [0.15, 0.2) is 24.5 Å². The third-order valence-electron chi connectivity index (χ3n) is 7.61. The zero-order valence-electron chi connectivity index (χ0n) is 22.8. The standard InChI is InChI=1S/C28H32FN7O3/c1-16-30-13-18(14-31-16)38-25-33-23-21(24(34-25)36-10-9-28(15-36)7-6-8-28)19-11-17(29)12-20(22(19)32-23)35(5)26(37)39-27(2,3)4/h11-14H,6-10,15H2,1-5H3,(H,32,33,34). The van der Waals surface area contributed by atoms with Crippen LogP contribution in [0.25, 0.3) is 21.9 Å². The third kappa shape index (κ3) is 4.70. The summed E-state index contributed by atoms with van der Waals surface area (Å²) in [4.78, 5) is 37.6. The molecule has 4 aromatic rings. The van der Waals surface area contributed by atoms with E-state index in [2.05, 4.69) is 24.8 Å². The zero-order valence-corrected chi connectivity index (χ0v) is 22.8. The van der Waals surface area contributed by atoms with Gasteiger partial charge in [-0.25, -0.2) is 19.2 Å². The first-order valence-corrected chi connectivity index (χ1v) is 13.2. The number of carbonyl (C=O) groups excluding carboxylic acids is 1. The number of ether oxygens (including phenoxy) is 2. The average molecular weight is 534 g/mol. The van der Waals surface area contributed by atoms with Crippen LogP contribution in [0.1, 0.15) is 52.3 Å². The summed E-state index contributed by atoms with van der Waals surface area (Å²) in [6.45, 7) is 8.87. The van der Waals surface area contributed by atoms with Crippen LogP contribution in [0.3, 0.4) is 0 Å². The number of hydrogen-bond donors (Lipinski definition) is 1. The Labute approximate surface area is 225 Å². The van der Waals surface area contributed by atoms with Crippen molar-refractivity contribution in [1.82, 2.24) is 24.9 Å². The lowest BCUT2D eigenvalue weighted by Gasteiger charge is -2.38. The largest absolute Gasteiger partial charge is 0.443 e. The van der Waals surface area contributed by atoms with Gasteiger partial charge in [-0.2, -0.15) is 9.97 Å². The predicted molar refractivity (Wildman–Crippen MR) is 146 cm³/mol. The molecule has 1 saturated carbocycles. The summed E-state index contributed by atoms with van der Waals surface area (Å²) in [6.07, 6.45) is 7.29. The van der Waals surface area contributed by atoms with Gasteiger partial charge in [-0.05, 0) is 64.5 Å². The van der Waals surface area contributed by atoms with Crippen LogP contribution in [0.2, 0.25) is 0 Å². The summed E-state index contributed by atoms with van der Waals surface area (Å²) in [5, 5.41) is 1.28. The van der Waals surface area contributed by atoms with E-state index in [4.69, 9.17) is 14.5 Å². The fraction of sp³-hybridized carbons (Fsp3) is 0.464. The molecule has 1 saturated heterocycles. The van der Waals surface area contributed by atoms with E-state index < -0.39 is 17.5 Å². The first-order valence-electron chi connectivity index (χ1n) is 13.2. The topological polar surface area (TPSA) is 109 Å². The molecule has 1 spiro atoms. The van der Waals surface area contributed by atoms with Gasteiger partial charge in [0, 0.05) is 25.5 Å². The molecule has 1 aromatic carbocycles. The van der Waals surface area contributed by atoms with E-state index in [1.807, 2.05) is 0 Å². The van der Waals surface area contributed by atoms with E-state index in [-0.39, 0.29) is 6.01 Å². The Morgan fingerprint density at radius 2 is 1.90 bits per heavy atom. The minimum atomic E-state index is -0.698. The molecule has 6 rings (SSSR count). The second kappa shape index (κ2) is 9.03. The number of anilines is 2. The van der Waals surface area contributed by atoms with Gasteiger partial charge < -0.3 is 19.4 Å². The highest BCUT2D eigenvalue weighted by atomic mass is 19.1. The number of H-pyrrole nitrogens is 1. The van der Waals surface area contributed by atoms with Crippen LogP contribution >= 0.6 is 0 Å². The van der Waals surface area contributed by atoms with Crippen molar-refractivity contribution >= 4 is 39.5 Å². The summed E-state index contributed by atoms with van der Waals surface area (Å²) in [6, 6.07) is 2.90. The molecule has 10 nitrogen and oxygen atoms in total. The fourth-order valence-electron chi connectivity index (χ4n) is 5.51. The van der Waals surface area contributed by atoms with Crippen molar-refractivity contribution in [2.24, 2.45) is 5.41 Å². The Bertz CT molecular complexity index is 1570. The second-order valence-electron chi connectivity index (χ2n) is 11.7. The van der Waals surface area contributed by atoms with Gasteiger partial charge in [0.1, 0.15) is 28.7 Å². The van der Waals surface area contributed by atoms with Crippen LogP contribution < -0.4 is 14.5 Å². The van der Waals surface area contributed by atoms with Crippen molar-refractivity contribution in [3.8, 4) is 11.8 Å². The van der Waals surface area contributed by atoms with Crippen molar-refractivity contribution in [3.63, 3.8) is 0 Å². The first-order chi connectivity index (χ1) is 18.5. The van der Waals surface area contributed by atoms with Gasteiger partial charge in [-0.1, -0.05) is 6.42 Å². The molecule has 39 heavy (non-hydrogen) atoms. The molecule has 0 unspecified atom stereocenters. The number of fused-ring (bicyclic) bond motifs is 3. The number of aryl methyl sites for hydroxylation is 1. The molecule has 0 radical (unpaired) electrons. The van der Waals surface area contributed by atoms with Crippen molar-refractivity contribution in [2.45, 2.75) is 59.0 Å². The number of nitrogens with zero attached hydrogens (tertiary/aromatic N) is 6. The second-order valence-corrected chi connectivity index (χ2v) is 11.7. The summed E-state index contributed by atoms with van der Waals surface area (Å²) in [5.74, 6) is 1.24. The molecule has 1 N–H and O–H groups in total. The SMILES string of the molecule is Cc1ncc(Oc2nc(N3CCC4(CCC4)C3)c3c(n2)[nH]c2c(N(C)C(=O)OC(C)(C)C)cc(F)cc23)cn1. The van der Waals surface area contributed by atoms with Gasteiger partial charge in [-0.3, -0.25) is 4.90 Å². The zero-order chi connectivity index (χ0) is 27.5. The number of aromatic nitrogens is 5. The lowest BCUT2D eigenvalue weighted by Crippen LogP contribution is -2.34. The minimum Gasteiger partial charge on any atom is -0.443 e. The molecule has 3 aromatic heterocycles. The van der Waals surface area contributed by atoms with Crippen molar-refractivity contribution in [2.75, 3.05) is 29.9 Å². The smallest absolute Gasteiger partial charge is 0.414 e. The average Bonchev–Trinajstić information content (AvgIpc) is 3.46. The van der Waals surface area contributed by atoms with Gasteiger partial charge in [0.2, 0.25) is 0 Å². The van der Waals surface area contributed by atoms with Crippen molar-refractivity contribution in [1.29, 1.82) is 0 Å². The highest BCUT2D eigenvalue weighted by molar-refractivity contribution is 6.16. The number of aromatic amines is 1. The Kier molecular flexibility index (Phi) is 5.85. The number of benzene rings is 1. The van der Waals surface area contributed by atoms with Gasteiger partial charge in [-0.15, -0.1) is 0 Å². The number of hydrogen-bond acceptors (Lipinski definition) is 8. The number of rotatable bonds is 4. The number of nitrogens with one attached hydrogen (secondary N) is 1. The third-order valence-corrected chi connectivity index (χ3v) is 7.61. The Balaban J connectivity index is 1.50. The monoisotopic (exact) mass is 533 g/mol. The maximum absolute atomic E-state index is 15.1. The van der Waals surface area contributed by atoms with Gasteiger partial charge >= 0.3 is 12.1 Å². The van der Waals surface area contributed by atoms with Crippen molar-refractivity contribution < 1.29 is 18.7 Å². The summed E-state index contributed by atoms with van der Waals surface area (Å²) < 4.78 is 26.6. The van der Waals surface area contributed by atoms with Crippen molar-refractivity contribution in [3.05, 3.63) is 36.2 Å². The Hall–Kier alpha value is -4.02. The summed E-state index contributed by atoms with van der Waals surface area (Å²) in [7, 11) is 1.56. The molecule has 0 bridgehead atoms. The highest BCUT2D eigenvalue weighted by Crippen LogP contribution is 2.50. The maximum atomic E-state index is 15.1. The van der Waals surface area contributed by atoms with Crippen LogP contribution in [0.5, 0.6) is 11.8 Å². The van der Waals surface area contributed by atoms with Crippen LogP contribution in [0, 0.1) is 18.2 Å². The minimum absolute atomic E-state index is 0.133. The predicted octanol–water partition coefficient (Wildman–Crippen LogP) is 5.89. The van der Waals surface area contributed by atoms with Gasteiger partial charge in [0.05, 0.1) is 29.0 Å². The first kappa shape index (κ1) is 25.3. The van der Waals surface area contributed by atoms with Gasteiger partial charge in [0.15, 0.2) is 5.75 Å². The molecule has 2 fully saturated rings. The molecule has 0 atom stereocenters. The lowest BCUT2D eigenvalue weighted by molar-refractivity contribution is 0.0589. The van der Waals surface area contributed by atoms with E-state index in [1.165, 1.54) is 36.3 Å². The molecule has 11 heteroatoms. The molecule has 1 aliphatic heterocycles. The van der Waals surface area contributed by atoms with E-state index in [0.29, 0.717) is 50.4 Å². The Morgan fingerprint density at radius 3 is 2.54 bits per heavy atom. The summed E-state index contributed by atoms with van der Waals surface area (Å²) in [5.41, 5.74) is 0.994. The molecule has 4 heterocycles. The van der Waals surface area contributed by atoms with E-state index >= 15 is 4.39 Å². The van der Waals surface area contributed by atoms with E-state index in [9.17, 15) is 4.79 Å². The molecular weight excluding hydrogens is 501 g/mol. The maximum Gasteiger partial charge on any atom is 0.414 e. The fourth-order valence-corrected chi connectivity index (χ4v) is 5.51. The molecular formula is C28H32FN7O3. The normalized spacial score (nSPS) is 16.6. The van der Waals surface area contributed by atoms with Crippen LogP contribution in [-0.2, 0) is 4.74 Å². The molecule has 204 valence electrons. The highest BCUT2D eigenvalue weighted by Gasteiger charge is 2.43. The van der Waals surface area contributed by atoms with E-state index in [0.717, 1.165) is 19.5 Å². The number of amides is 1. The quantitative estimate of drug-likeness (QED) is 0.346. The van der Waals surface area contributed by atoms with Gasteiger partial charge in [0.25, 0.3) is 0 Å². The number of carbonyl (C=O) groups is 1. The number of halogens is 1. The molecule has 2 aliphatic rings. The van der Waals surface area contributed by atoms with Crippen LogP contribution in [0.4, 0.5) is 20.7 Å². The molecule has 1 aliphatic carbocycles. The Morgan fingerprint density at radius 1 is 1.15 bits per heavy atom. The lowest BCUT2D eigenvalue weighted by atomic mass is 9.68. The van der Waals surface area contributed by atoms with Crippen LogP contribution in [-0.4, -0.2) is 56.8 Å². The molecule has 1 amide bonds. The summed E-state index contributed by atoms with van der Waals surface area (Å²) >= 11 is 0.